The molecule has 0 bridgehead atoms. The van der Waals surface area contributed by atoms with Gasteiger partial charge in [-0.15, -0.1) is 0 Å². The van der Waals surface area contributed by atoms with Crippen LogP contribution in [-0.2, 0) is 9.47 Å². The summed E-state index contributed by atoms with van der Waals surface area (Å²) < 4.78 is 13.0. The van der Waals surface area contributed by atoms with Gasteiger partial charge in [0.2, 0.25) is 0 Å². The zero-order valence-corrected chi connectivity index (χ0v) is 12.4. The molecule has 0 aromatic carbocycles. The molecule has 0 aliphatic carbocycles. The number of nitrogen functional groups attached to an aromatic ring is 1. The molecular weight excluding hydrogens is 290 g/mol. The summed E-state index contributed by atoms with van der Waals surface area (Å²) in [5, 5.41) is 19.6. The second-order valence-corrected chi connectivity index (χ2v) is 5.14. The molecule has 1 saturated heterocycles. The van der Waals surface area contributed by atoms with Crippen LogP contribution in [-0.4, -0.2) is 61.3 Å². The predicted octanol–water partition coefficient (Wildman–Crippen LogP) is -0.627. The van der Waals surface area contributed by atoms with E-state index >= 15 is 0 Å². The number of aromatic nitrogens is 4. The number of nitrogens with zero attached hydrogens (tertiary/aromatic N) is 4. The van der Waals surface area contributed by atoms with Crippen LogP contribution in [0, 0.1) is 6.92 Å². The molecule has 3 rings (SSSR count). The lowest BCUT2D eigenvalue weighted by atomic mass is 10.1. The lowest BCUT2D eigenvalue weighted by molar-refractivity contribution is -0.0677. The van der Waals surface area contributed by atoms with Crippen LogP contribution >= 0.6 is 0 Å². The minimum absolute atomic E-state index is 0.284. The van der Waals surface area contributed by atoms with Crippen LogP contribution in [0.1, 0.15) is 19.0 Å². The molecule has 2 aromatic heterocycles. The van der Waals surface area contributed by atoms with Crippen molar-refractivity contribution in [2.24, 2.45) is 0 Å². The highest BCUT2D eigenvalue weighted by Gasteiger charge is 2.45. The maximum absolute atomic E-state index is 10.2. The number of ether oxygens (including phenoxy) is 2. The van der Waals surface area contributed by atoms with Crippen molar-refractivity contribution in [3.63, 3.8) is 0 Å². The summed E-state index contributed by atoms with van der Waals surface area (Å²) in [5.41, 5.74) is 6.82. The van der Waals surface area contributed by atoms with E-state index in [1.54, 1.807) is 11.5 Å². The lowest BCUT2D eigenvalue weighted by Gasteiger charge is -2.21. The normalized spacial score (nSPS) is 28.5. The highest BCUT2D eigenvalue weighted by molar-refractivity contribution is 5.81. The molecule has 2 aromatic rings. The molecule has 1 fully saturated rings. The van der Waals surface area contributed by atoms with E-state index in [0.29, 0.717) is 23.6 Å². The second-order valence-electron chi connectivity index (χ2n) is 5.14. The summed E-state index contributed by atoms with van der Waals surface area (Å²) in [4.78, 5) is 12.6. The number of anilines is 1. The smallest absolute Gasteiger partial charge is 0.167 e. The Balaban J connectivity index is 2.05. The molecule has 4 N–H and O–H groups in total. The molecule has 0 radical (unpaired) electrons. The van der Waals surface area contributed by atoms with Crippen LogP contribution in [0.4, 0.5) is 5.82 Å². The van der Waals surface area contributed by atoms with Gasteiger partial charge in [0.1, 0.15) is 29.7 Å². The van der Waals surface area contributed by atoms with E-state index < -0.39 is 24.5 Å². The first-order valence-corrected chi connectivity index (χ1v) is 7.09. The first-order valence-electron chi connectivity index (χ1n) is 7.09. The van der Waals surface area contributed by atoms with Gasteiger partial charge >= 0.3 is 0 Å². The Labute approximate surface area is 126 Å². The summed E-state index contributed by atoms with van der Waals surface area (Å²) in [7, 11) is 0. The van der Waals surface area contributed by atoms with Gasteiger partial charge < -0.3 is 25.4 Å². The van der Waals surface area contributed by atoms with E-state index in [0.717, 1.165) is 0 Å². The number of aliphatic hydroxyl groups is 2. The van der Waals surface area contributed by atoms with E-state index in [1.807, 2.05) is 6.92 Å². The number of nitrogens with two attached hydrogens (primary N) is 1. The maximum Gasteiger partial charge on any atom is 0.167 e. The van der Waals surface area contributed by atoms with Crippen LogP contribution in [0.15, 0.2) is 6.33 Å². The number of fused-ring (bicyclic) bond motifs is 1. The number of imidazole rings is 1. The zero-order chi connectivity index (χ0) is 15.9. The van der Waals surface area contributed by atoms with Gasteiger partial charge in [-0.05, 0) is 13.8 Å². The largest absolute Gasteiger partial charge is 0.394 e. The molecule has 4 atom stereocenters. The third-order valence-electron chi connectivity index (χ3n) is 3.69. The van der Waals surface area contributed by atoms with Crippen LogP contribution < -0.4 is 5.73 Å². The monoisotopic (exact) mass is 309 g/mol. The Kier molecular flexibility index (Phi) is 3.96. The van der Waals surface area contributed by atoms with Crippen molar-refractivity contribution in [3.8, 4) is 0 Å². The standard InChI is InChI=1S/C13H19N5O4/c1-3-21-10-9(20)7(4-19)22-13(10)18-5-15-8-11(14)16-6(2)17-12(8)18/h5,7,9-10,13,19-20H,3-4H2,1-2H3,(H2,14,16,17)/t7-,9?,10?,13-/m1/s1. The molecule has 1 aliphatic heterocycles. The predicted molar refractivity (Wildman–Crippen MR) is 76.9 cm³/mol. The van der Waals surface area contributed by atoms with Crippen LogP contribution in [0.5, 0.6) is 0 Å². The quantitative estimate of drug-likeness (QED) is 0.681. The van der Waals surface area contributed by atoms with Crippen molar-refractivity contribution in [2.45, 2.75) is 38.4 Å². The van der Waals surface area contributed by atoms with E-state index in [4.69, 9.17) is 15.2 Å². The molecule has 3 heterocycles. The summed E-state index contributed by atoms with van der Waals surface area (Å²) >= 11 is 0. The third-order valence-corrected chi connectivity index (χ3v) is 3.69. The molecule has 9 nitrogen and oxygen atoms in total. The molecule has 120 valence electrons. The van der Waals surface area contributed by atoms with Crippen LogP contribution in [0.3, 0.4) is 0 Å². The van der Waals surface area contributed by atoms with Gasteiger partial charge in [0, 0.05) is 6.61 Å². The molecule has 0 saturated carbocycles. The summed E-state index contributed by atoms with van der Waals surface area (Å²) in [6.07, 6.45) is -1.41. The fraction of sp³-hybridized carbons (Fsp3) is 0.615. The average Bonchev–Trinajstić information content (AvgIpc) is 3.02. The van der Waals surface area contributed by atoms with Crippen LogP contribution in [0.2, 0.25) is 0 Å². The second kappa shape index (κ2) is 5.76. The summed E-state index contributed by atoms with van der Waals surface area (Å²) in [6, 6.07) is 0. The molecule has 1 aliphatic rings. The molecule has 0 amide bonds. The van der Waals surface area contributed by atoms with E-state index in [-0.39, 0.29) is 12.4 Å². The van der Waals surface area contributed by atoms with E-state index in [2.05, 4.69) is 15.0 Å². The van der Waals surface area contributed by atoms with Gasteiger partial charge in [0.05, 0.1) is 12.9 Å². The Hall–Kier alpha value is -1.81. The SMILES string of the molecule is CCOC1C(O)[C@@H](CO)O[C@H]1n1cnc2c(N)nc(C)nc21. The highest BCUT2D eigenvalue weighted by atomic mass is 16.6. The molecular formula is C13H19N5O4. The fourth-order valence-corrected chi connectivity index (χ4v) is 2.70. The van der Waals surface area contributed by atoms with Crippen molar-refractivity contribution >= 4 is 17.0 Å². The number of hydrogen-bond donors (Lipinski definition) is 3. The van der Waals surface area contributed by atoms with Gasteiger partial charge in [0.25, 0.3) is 0 Å². The highest BCUT2D eigenvalue weighted by Crippen LogP contribution is 2.33. The van der Waals surface area contributed by atoms with Crippen molar-refractivity contribution in [1.82, 2.24) is 19.5 Å². The lowest BCUT2D eigenvalue weighted by Crippen LogP contribution is -2.35. The van der Waals surface area contributed by atoms with Gasteiger partial charge in [-0.2, -0.15) is 0 Å². The fourth-order valence-electron chi connectivity index (χ4n) is 2.70. The minimum Gasteiger partial charge on any atom is -0.394 e. The van der Waals surface area contributed by atoms with Gasteiger partial charge in [0.15, 0.2) is 17.7 Å². The van der Waals surface area contributed by atoms with Crippen molar-refractivity contribution < 1.29 is 19.7 Å². The first-order chi connectivity index (χ1) is 10.6. The minimum atomic E-state index is -0.937. The van der Waals surface area contributed by atoms with Crippen molar-refractivity contribution in [2.75, 3.05) is 18.9 Å². The van der Waals surface area contributed by atoms with Crippen LogP contribution in [0.25, 0.3) is 11.2 Å². The maximum atomic E-state index is 10.2. The molecule has 2 unspecified atom stereocenters. The van der Waals surface area contributed by atoms with Crippen molar-refractivity contribution in [1.29, 1.82) is 0 Å². The van der Waals surface area contributed by atoms with Crippen molar-refractivity contribution in [3.05, 3.63) is 12.2 Å². The summed E-state index contributed by atoms with van der Waals surface area (Å²) in [5.74, 6) is 0.795. The number of aliphatic hydroxyl groups excluding tert-OH is 2. The zero-order valence-electron chi connectivity index (χ0n) is 12.4. The van der Waals surface area contributed by atoms with Gasteiger partial charge in [-0.1, -0.05) is 0 Å². The number of hydrogen-bond acceptors (Lipinski definition) is 8. The summed E-state index contributed by atoms with van der Waals surface area (Å²) in [6.45, 7) is 3.66. The number of rotatable bonds is 4. The first kappa shape index (κ1) is 15.1. The Morgan fingerprint density at radius 2 is 2.23 bits per heavy atom. The molecule has 22 heavy (non-hydrogen) atoms. The van der Waals surface area contributed by atoms with Gasteiger partial charge in [-0.25, -0.2) is 15.0 Å². The topological polar surface area (TPSA) is 129 Å². The van der Waals surface area contributed by atoms with E-state index in [9.17, 15) is 10.2 Å². The Bertz CT molecular complexity index is 676. The molecule has 0 spiro atoms. The Morgan fingerprint density at radius 3 is 2.91 bits per heavy atom. The Morgan fingerprint density at radius 1 is 1.45 bits per heavy atom. The average molecular weight is 309 g/mol. The third kappa shape index (κ3) is 2.31. The van der Waals surface area contributed by atoms with E-state index in [1.165, 1.54) is 6.33 Å². The van der Waals surface area contributed by atoms with Gasteiger partial charge in [-0.3, -0.25) is 4.57 Å². The number of aryl methyl sites for hydroxylation is 1. The molecule has 9 heteroatoms.